The Hall–Kier alpha value is -1.64. The molecule has 1 fully saturated rings. The molecule has 8 nitrogen and oxygen atoms in total. The summed E-state index contributed by atoms with van der Waals surface area (Å²) in [6.07, 6.45) is 2.37. The monoisotopic (exact) mass is 436 g/mol. The third kappa shape index (κ3) is 7.47. The van der Waals surface area contributed by atoms with Gasteiger partial charge in [0, 0.05) is 50.6 Å². The number of hydrogen-bond donors (Lipinski definition) is 2. The van der Waals surface area contributed by atoms with Crippen LogP contribution in [0.4, 0.5) is 0 Å². The maximum absolute atomic E-state index is 5.58. The molecule has 1 atom stereocenters. The van der Waals surface area contributed by atoms with Crippen LogP contribution in [0, 0.1) is 19.8 Å². The minimum atomic E-state index is 0.489. The third-order valence-corrected chi connectivity index (χ3v) is 6.36. The highest BCUT2D eigenvalue weighted by atomic mass is 16.5. The molecule has 1 aromatic heterocycles. The van der Waals surface area contributed by atoms with Crippen molar-refractivity contribution in [3.05, 3.63) is 17.0 Å². The molecule has 0 saturated carbocycles. The molecule has 0 spiro atoms. The largest absolute Gasteiger partial charge is 0.383 e. The van der Waals surface area contributed by atoms with Gasteiger partial charge < -0.3 is 20.1 Å². The van der Waals surface area contributed by atoms with Crippen LogP contribution in [-0.2, 0) is 22.6 Å². The Morgan fingerprint density at radius 1 is 1.16 bits per heavy atom. The van der Waals surface area contributed by atoms with E-state index in [9.17, 15) is 0 Å². The minimum absolute atomic E-state index is 0.489. The minimum Gasteiger partial charge on any atom is -0.383 e. The van der Waals surface area contributed by atoms with E-state index in [4.69, 9.17) is 14.5 Å². The van der Waals surface area contributed by atoms with Gasteiger partial charge in [-0.3, -0.25) is 9.58 Å². The van der Waals surface area contributed by atoms with Crippen molar-refractivity contribution in [2.75, 3.05) is 53.1 Å². The van der Waals surface area contributed by atoms with Crippen molar-refractivity contribution in [1.29, 1.82) is 0 Å². The molecule has 31 heavy (non-hydrogen) atoms. The van der Waals surface area contributed by atoms with Crippen LogP contribution in [0.25, 0.3) is 0 Å². The van der Waals surface area contributed by atoms with E-state index in [1.165, 1.54) is 18.4 Å². The van der Waals surface area contributed by atoms with Crippen molar-refractivity contribution in [3.8, 4) is 0 Å². The molecule has 2 heterocycles. The van der Waals surface area contributed by atoms with Crippen LogP contribution >= 0.6 is 0 Å². The Morgan fingerprint density at radius 2 is 1.87 bits per heavy atom. The molecule has 8 heteroatoms. The normalized spacial score (nSPS) is 16.7. The van der Waals surface area contributed by atoms with Crippen molar-refractivity contribution in [2.45, 2.75) is 66.6 Å². The molecule has 0 amide bonds. The maximum atomic E-state index is 5.58. The van der Waals surface area contributed by atoms with Gasteiger partial charge in [0.1, 0.15) is 0 Å². The van der Waals surface area contributed by atoms with Crippen molar-refractivity contribution in [3.63, 3.8) is 0 Å². The van der Waals surface area contributed by atoms with E-state index in [2.05, 4.69) is 55.3 Å². The smallest absolute Gasteiger partial charge is 0.191 e. The van der Waals surface area contributed by atoms with E-state index >= 15 is 0 Å². The van der Waals surface area contributed by atoms with Gasteiger partial charge in [-0.2, -0.15) is 5.10 Å². The number of aliphatic imine (C=N–C) groups is 1. The fourth-order valence-corrected chi connectivity index (χ4v) is 4.40. The number of guanidine groups is 1. The van der Waals surface area contributed by atoms with Gasteiger partial charge in [0.25, 0.3) is 0 Å². The topological polar surface area (TPSA) is 75.9 Å². The zero-order valence-electron chi connectivity index (χ0n) is 20.5. The molecule has 2 rings (SSSR count). The lowest BCUT2D eigenvalue weighted by atomic mass is 9.92. The Morgan fingerprint density at radius 3 is 2.48 bits per heavy atom. The lowest BCUT2D eigenvalue weighted by Gasteiger charge is -2.39. The van der Waals surface area contributed by atoms with Crippen LogP contribution in [-0.4, -0.2) is 79.8 Å². The number of aromatic nitrogens is 2. The third-order valence-electron chi connectivity index (χ3n) is 6.36. The van der Waals surface area contributed by atoms with Crippen LogP contribution in [0.2, 0.25) is 0 Å². The van der Waals surface area contributed by atoms with Crippen molar-refractivity contribution < 1.29 is 9.47 Å². The van der Waals surface area contributed by atoms with Crippen molar-refractivity contribution >= 4 is 5.96 Å². The number of rotatable bonds is 12. The van der Waals surface area contributed by atoms with Crippen LogP contribution in [0.15, 0.2) is 4.99 Å². The highest BCUT2D eigenvalue weighted by molar-refractivity contribution is 5.79. The Kier molecular flexibility index (Phi) is 11.3. The standard InChI is InChI=1S/C23H44N6O2/c1-7-20(8-2)22(28-10-14-31-15-11-28)17-26-23(24-9-3)25-16-21-18(4)27-29(19(21)5)12-13-30-6/h20,22H,7-17H2,1-6H3,(H2,24,25,26). The highest BCUT2D eigenvalue weighted by Gasteiger charge is 2.27. The number of nitrogens with zero attached hydrogens (tertiary/aromatic N) is 4. The Labute approximate surface area is 188 Å². The molecule has 0 aliphatic carbocycles. The maximum Gasteiger partial charge on any atom is 0.191 e. The Bertz CT molecular complexity index is 665. The number of ether oxygens (including phenoxy) is 2. The summed E-state index contributed by atoms with van der Waals surface area (Å²) in [5, 5.41) is 11.7. The fourth-order valence-electron chi connectivity index (χ4n) is 4.40. The summed E-state index contributed by atoms with van der Waals surface area (Å²) in [6, 6.07) is 0.489. The second kappa shape index (κ2) is 13.7. The fraction of sp³-hybridized carbons (Fsp3) is 0.826. The lowest BCUT2D eigenvalue weighted by molar-refractivity contribution is 0.00272. The van der Waals surface area contributed by atoms with Gasteiger partial charge in [0.2, 0.25) is 0 Å². The molecule has 1 aliphatic rings. The second-order valence-corrected chi connectivity index (χ2v) is 8.23. The summed E-state index contributed by atoms with van der Waals surface area (Å²) >= 11 is 0. The van der Waals surface area contributed by atoms with Gasteiger partial charge in [-0.05, 0) is 26.7 Å². The zero-order chi connectivity index (χ0) is 22.6. The summed E-state index contributed by atoms with van der Waals surface area (Å²) in [4.78, 5) is 7.48. The van der Waals surface area contributed by atoms with Crippen LogP contribution < -0.4 is 10.6 Å². The van der Waals surface area contributed by atoms with Crippen LogP contribution in [0.5, 0.6) is 0 Å². The van der Waals surface area contributed by atoms with Crippen molar-refractivity contribution in [1.82, 2.24) is 25.3 Å². The van der Waals surface area contributed by atoms with E-state index in [1.54, 1.807) is 7.11 Å². The molecule has 1 unspecified atom stereocenters. The summed E-state index contributed by atoms with van der Waals surface area (Å²) in [7, 11) is 1.72. The number of nitrogens with one attached hydrogen (secondary N) is 2. The lowest BCUT2D eigenvalue weighted by Crippen LogP contribution is -2.53. The molecule has 178 valence electrons. The number of morpholine rings is 1. The van der Waals surface area contributed by atoms with Crippen LogP contribution in [0.1, 0.15) is 50.6 Å². The quantitative estimate of drug-likeness (QED) is 0.387. The molecular formula is C23H44N6O2. The van der Waals surface area contributed by atoms with Gasteiger partial charge in [-0.25, -0.2) is 4.99 Å². The highest BCUT2D eigenvalue weighted by Crippen LogP contribution is 2.20. The van der Waals surface area contributed by atoms with Gasteiger partial charge in [0.05, 0.1) is 38.6 Å². The summed E-state index contributed by atoms with van der Waals surface area (Å²) < 4.78 is 12.8. The molecule has 1 aromatic rings. The van der Waals surface area contributed by atoms with Crippen LogP contribution in [0.3, 0.4) is 0 Å². The Balaban J connectivity index is 2.08. The summed E-state index contributed by atoms with van der Waals surface area (Å²) in [6.45, 7) is 18.3. The average Bonchev–Trinajstić information content (AvgIpc) is 3.06. The first-order valence-corrected chi connectivity index (χ1v) is 11.9. The van der Waals surface area contributed by atoms with E-state index in [-0.39, 0.29) is 0 Å². The predicted molar refractivity (Wildman–Crippen MR) is 127 cm³/mol. The van der Waals surface area contributed by atoms with Gasteiger partial charge in [-0.1, -0.05) is 26.7 Å². The first kappa shape index (κ1) is 25.6. The first-order chi connectivity index (χ1) is 15.0. The van der Waals surface area contributed by atoms with Gasteiger partial charge >= 0.3 is 0 Å². The second-order valence-electron chi connectivity index (χ2n) is 8.23. The van der Waals surface area contributed by atoms with Gasteiger partial charge in [0.15, 0.2) is 5.96 Å². The first-order valence-electron chi connectivity index (χ1n) is 11.9. The van der Waals surface area contributed by atoms with Gasteiger partial charge in [-0.15, -0.1) is 0 Å². The molecule has 0 bridgehead atoms. The SMILES string of the molecule is CCNC(=NCc1c(C)nn(CCOC)c1C)NCC(C(CC)CC)N1CCOCC1. The molecular weight excluding hydrogens is 392 g/mol. The van der Waals surface area contributed by atoms with E-state index in [0.29, 0.717) is 25.1 Å². The molecule has 0 aromatic carbocycles. The molecule has 0 radical (unpaired) electrons. The zero-order valence-corrected chi connectivity index (χ0v) is 20.5. The number of hydrogen-bond acceptors (Lipinski definition) is 5. The number of aryl methyl sites for hydroxylation is 1. The molecule has 2 N–H and O–H groups in total. The molecule has 1 saturated heterocycles. The van der Waals surface area contributed by atoms with E-state index < -0.39 is 0 Å². The predicted octanol–water partition coefficient (Wildman–Crippen LogP) is 2.34. The number of methoxy groups -OCH3 is 1. The van der Waals surface area contributed by atoms with Crippen molar-refractivity contribution in [2.24, 2.45) is 10.9 Å². The summed E-state index contributed by atoms with van der Waals surface area (Å²) in [5.41, 5.74) is 3.40. The summed E-state index contributed by atoms with van der Waals surface area (Å²) in [5.74, 6) is 1.53. The molecule has 1 aliphatic heterocycles. The van der Waals surface area contributed by atoms with E-state index in [0.717, 1.165) is 63.3 Å². The average molecular weight is 437 g/mol. The van der Waals surface area contributed by atoms with E-state index in [1.807, 2.05) is 4.68 Å².